The molecule has 0 spiro atoms. The van der Waals surface area contributed by atoms with Crippen molar-refractivity contribution in [2.24, 2.45) is 0 Å². The summed E-state index contributed by atoms with van der Waals surface area (Å²) in [7, 11) is 0. The molecule has 2 heterocycles. The topological polar surface area (TPSA) is 210 Å². The lowest BCUT2D eigenvalue weighted by Gasteiger charge is -2.14. The first kappa shape index (κ1) is 38.7. The van der Waals surface area contributed by atoms with Gasteiger partial charge in [-0.1, -0.05) is 103 Å². The summed E-state index contributed by atoms with van der Waals surface area (Å²) in [5.41, 5.74) is 4.99. The Kier molecular flexibility index (Phi) is 12.4. The van der Waals surface area contributed by atoms with Crippen molar-refractivity contribution in [2.45, 2.75) is 52.6 Å². The van der Waals surface area contributed by atoms with Gasteiger partial charge in [0.2, 0.25) is 5.82 Å². The predicted octanol–water partition coefficient (Wildman–Crippen LogP) is 6.71. The Bertz CT molecular complexity index is 2380. The molecular formula is C38H33ClN8O9. The van der Waals surface area contributed by atoms with E-state index in [1.807, 2.05) is 53.1 Å². The van der Waals surface area contributed by atoms with Gasteiger partial charge in [0.1, 0.15) is 25.6 Å². The molecule has 6 aromatic rings. The Morgan fingerprint density at radius 3 is 2.09 bits per heavy atom. The van der Waals surface area contributed by atoms with E-state index in [0.29, 0.717) is 35.3 Å². The van der Waals surface area contributed by atoms with Gasteiger partial charge in [-0.2, -0.15) is 0 Å². The highest BCUT2D eigenvalue weighted by Crippen LogP contribution is 2.31. The summed E-state index contributed by atoms with van der Waals surface area (Å²) in [5, 5.41) is 32.1. The normalized spacial score (nSPS) is 10.9. The predicted molar refractivity (Wildman–Crippen MR) is 199 cm³/mol. The summed E-state index contributed by atoms with van der Waals surface area (Å²) in [5.74, 6) is -0.245. The van der Waals surface area contributed by atoms with Crippen LogP contribution in [0.5, 0.6) is 0 Å². The van der Waals surface area contributed by atoms with Gasteiger partial charge < -0.3 is 19.0 Å². The number of hydrogen-bond acceptors (Lipinski definition) is 13. The molecule has 0 radical (unpaired) electrons. The van der Waals surface area contributed by atoms with Gasteiger partial charge in [0, 0.05) is 24.1 Å². The molecule has 0 saturated heterocycles. The summed E-state index contributed by atoms with van der Waals surface area (Å²) in [4.78, 5) is 61.7. The zero-order valence-electron chi connectivity index (χ0n) is 29.8. The zero-order valence-corrected chi connectivity index (χ0v) is 30.6. The molecule has 0 aliphatic rings. The van der Waals surface area contributed by atoms with E-state index in [4.69, 9.17) is 16.3 Å². The molecule has 0 aliphatic carbocycles. The number of carbonyl (C=O) groups is 2. The number of ether oxygens (including phenoxy) is 1. The highest BCUT2D eigenvalue weighted by Gasteiger charge is 2.20. The number of carbonyl (C=O) groups excluding carboxylic acids is 2. The van der Waals surface area contributed by atoms with Crippen molar-refractivity contribution in [3.05, 3.63) is 162 Å². The average molecular weight is 781 g/mol. The van der Waals surface area contributed by atoms with Crippen LogP contribution in [0.1, 0.15) is 68.7 Å². The van der Waals surface area contributed by atoms with Crippen molar-refractivity contribution in [3.63, 3.8) is 0 Å². The standard InChI is InChI=1S/C38H33ClN8O9/c1-2-3-14-34-40-35(39)33(24-54-38(49)30-11-7-9-27(20-30)23-56-47(52)53)44(34)21-25-15-17-28(18-16-25)31-12-4-5-13-32(31)36-41-43-45(42-36)37(48)29-10-6-8-26(19-29)22-55-46(50)51/h4-13,15-20H,2-3,14,21-24H2,1H3. The Morgan fingerprint density at radius 2 is 1.43 bits per heavy atom. The molecule has 6 rings (SSSR count). The second-order valence-electron chi connectivity index (χ2n) is 12.4. The number of unbranched alkanes of at least 4 members (excludes halogenated alkanes) is 1. The summed E-state index contributed by atoms with van der Waals surface area (Å²) < 4.78 is 7.59. The minimum atomic E-state index is -0.906. The molecule has 4 aromatic carbocycles. The summed E-state index contributed by atoms with van der Waals surface area (Å²) >= 11 is 6.62. The van der Waals surface area contributed by atoms with Crippen LogP contribution in [0.3, 0.4) is 0 Å². The molecule has 0 N–H and O–H groups in total. The number of aryl methyl sites for hydroxylation is 1. The number of tetrazole rings is 1. The molecule has 0 saturated carbocycles. The third-order valence-electron chi connectivity index (χ3n) is 8.58. The number of nitrogens with zero attached hydrogens (tertiary/aromatic N) is 8. The Morgan fingerprint density at radius 1 is 0.786 bits per heavy atom. The first-order chi connectivity index (χ1) is 27.1. The van der Waals surface area contributed by atoms with E-state index >= 15 is 0 Å². The molecule has 0 fully saturated rings. The maximum atomic E-state index is 13.2. The van der Waals surface area contributed by atoms with E-state index < -0.39 is 22.0 Å². The number of hydrogen-bond donors (Lipinski definition) is 0. The fourth-order valence-corrected chi connectivity index (χ4v) is 6.09. The second kappa shape index (κ2) is 17.9. The molecule has 0 atom stereocenters. The zero-order chi connectivity index (χ0) is 39.6. The third-order valence-corrected chi connectivity index (χ3v) is 8.88. The monoisotopic (exact) mass is 780 g/mol. The number of rotatable bonds is 17. The first-order valence-electron chi connectivity index (χ1n) is 17.3. The smallest absolute Gasteiger partial charge is 0.338 e. The van der Waals surface area contributed by atoms with Crippen molar-refractivity contribution in [1.29, 1.82) is 0 Å². The van der Waals surface area contributed by atoms with Gasteiger partial charge in [-0.3, -0.25) is 4.79 Å². The number of aromatic nitrogens is 6. The molecule has 0 aliphatic heterocycles. The largest absolute Gasteiger partial charge is 0.456 e. The van der Waals surface area contributed by atoms with Gasteiger partial charge in [0.25, 0.3) is 16.1 Å². The molecule has 0 amide bonds. The summed E-state index contributed by atoms with van der Waals surface area (Å²) in [6.45, 7) is 1.69. The molecule has 2 aromatic heterocycles. The maximum Gasteiger partial charge on any atom is 0.338 e. The van der Waals surface area contributed by atoms with Gasteiger partial charge in [0.15, 0.2) is 5.15 Å². The van der Waals surface area contributed by atoms with Crippen LogP contribution in [0, 0.1) is 20.2 Å². The molecule has 0 bridgehead atoms. The fourth-order valence-electron chi connectivity index (χ4n) is 5.83. The van der Waals surface area contributed by atoms with Crippen LogP contribution in [0.15, 0.2) is 97.1 Å². The van der Waals surface area contributed by atoms with Crippen LogP contribution in [-0.2, 0) is 47.2 Å². The van der Waals surface area contributed by atoms with E-state index in [0.717, 1.165) is 40.2 Å². The molecular weight excluding hydrogens is 748 g/mol. The molecule has 0 unspecified atom stereocenters. The average Bonchev–Trinajstić information content (AvgIpc) is 3.82. The van der Waals surface area contributed by atoms with Gasteiger partial charge in [-0.25, -0.2) is 9.78 Å². The van der Waals surface area contributed by atoms with Crippen molar-refractivity contribution < 1.29 is 34.2 Å². The molecule has 17 nitrogen and oxygen atoms in total. The molecule has 56 heavy (non-hydrogen) atoms. The van der Waals surface area contributed by atoms with E-state index in [1.165, 1.54) is 18.2 Å². The van der Waals surface area contributed by atoms with Crippen molar-refractivity contribution in [2.75, 3.05) is 0 Å². The highest BCUT2D eigenvalue weighted by atomic mass is 35.5. The van der Waals surface area contributed by atoms with Gasteiger partial charge in [0.05, 0.1) is 11.3 Å². The Balaban J connectivity index is 1.19. The third kappa shape index (κ3) is 9.55. The highest BCUT2D eigenvalue weighted by molar-refractivity contribution is 6.30. The van der Waals surface area contributed by atoms with E-state index in [-0.39, 0.29) is 41.9 Å². The van der Waals surface area contributed by atoms with Crippen molar-refractivity contribution >= 4 is 23.5 Å². The minimum absolute atomic E-state index is 0.157. The lowest BCUT2D eigenvalue weighted by atomic mass is 9.98. The van der Waals surface area contributed by atoms with Gasteiger partial charge in [-0.15, -0.1) is 30.4 Å². The van der Waals surface area contributed by atoms with Gasteiger partial charge >= 0.3 is 5.97 Å². The number of esters is 1. The summed E-state index contributed by atoms with van der Waals surface area (Å²) in [6, 6.07) is 27.6. The van der Waals surface area contributed by atoms with Crippen LogP contribution in [0.25, 0.3) is 22.5 Å². The minimum Gasteiger partial charge on any atom is -0.456 e. The maximum absolute atomic E-state index is 13.2. The quantitative estimate of drug-likeness (QED) is 0.0536. The van der Waals surface area contributed by atoms with Crippen molar-refractivity contribution in [1.82, 2.24) is 29.8 Å². The lowest BCUT2D eigenvalue weighted by molar-refractivity contribution is -0.763. The number of imidazole rings is 1. The molecule has 18 heteroatoms. The Hall–Kier alpha value is -7.01. The lowest BCUT2D eigenvalue weighted by Crippen LogP contribution is -2.16. The van der Waals surface area contributed by atoms with Crippen molar-refractivity contribution in [3.8, 4) is 22.5 Å². The van der Waals surface area contributed by atoms with E-state index in [1.54, 1.807) is 30.3 Å². The van der Waals surface area contributed by atoms with E-state index in [2.05, 4.69) is 37.0 Å². The van der Waals surface area contributed by atoms with Crippen LogP contribution >= 0.6 is 11.6 Å². The van der Waals surface area contributed by atoms with Crippen LogP contribution in [0.2, 0.25) is 5.15 Å². The molecule has 286 valence electrons. The van der Waals surface area contributed by atoms with Crippen LogP contribution < -0.4 is 0 Å². The van der Waals surface area contributed by atoms with Crippen LogP contribution in [0.4, 0.5) is 0 Å². The Labute approximate surface area is 323 Å². The number of halogens is 1. The fraction of sp³-hybridized carbons (Fsp3) is 0.211. The second-order valence-corrected chi connectivity index (χ2v) is 12.7. The number of benzene rings is 4. The van der Waals surface area contributed by atoms with Crippen LogP contribution in [-0.4, -0.2) is 51.8 Å². The van der Waals surface area contributed by atoms with E-state index in [9.17, 15) is 29.8 Å². The van der Waals surface area contributed by atoms with Gasteiger partial charge in [-0.05, 0) is 63.7 Å². The SMILES string of the molecule is CCCCc1nc(Cl)c(COC(=O)c2cccc(CO[N+](=O)[O-])c2)n1Cc1ccc(-c2ccccc2-c2nnn(C(=O)c3cccc(CO[N+](=O)[O-])c3)n2)cc1. The summed E-state index contributed by atoms with van der Waals surface area (Å²) in [6.07, 6.45) is 2.47. The first-order valence-corrected chi connectivity index (χ1v) is 17.6.